The highest BCUT2D eigenvalue weighted by molar-refractivity contribution is 9.10. The van der Waals surface area contributed by atoms with E-state index < -0.39 is 10.0 Å². The molecule has 0 bridgehead atoms. The molecule has 1 aliphatic rings. The summed E-state index contributed by atoms with van der Waals surface area (Å²) in [6.07, 6.45) is 0.781. The SMILES string of the molecule is COc1ccc(Br)cc1S(=O)(=O)N1CCCN(Cc2ccc(Cl)cc2)CC1. The van der Waals surface area contributed by atoms with Crippen LogP contribution in [0.2, 0.25) is 5.02 Å². The van der Waals surface area contributed by atoms with Crippen molar-refractivity contribution in [3.63, 3.8) is 0 Å². The third kappa shape index (κ3) is 5.03. The van der Waals surface area contributed by atoms with Gasteiger partial charge in [-0.05, 0) is 48.9 Å². The van der Waals surface area contributed by atoms with Crippen molar-refractivity contribution in [2.24, 2.45) is 0 Å². The van der Waals surface area contributed by atoms with E-state index in [0.717, 1.165) is 24.5 Å². The van der Waals surface area contributed by atoms with Gasteiger partial charge in [-0.15, -0.1) is 0 Å². The summed E-state index contributed by atoms with van der Waals surface area (Å²) >= 11 is 9.30. The maximum absolute atomic E-state index is 13.2. The lowest BCUT2D eigenvalue weighted by Gasteiger charge is -2.22. The van der Waals surface area contributed by atoms with Gasteiger partial charge < -0.3 is 4.74 Å². The number of ether oxygens (including phenoxy) is 1. The Morgan fingerprint density at radius 2 is 1.81 bits per heavy atom. The Bertz CT molecular complexity index is 890. The molecular formula is C19H22BrClN2O3S. The third-order valence-electron chi connectivity index (χ3n) is 4.61. The molecule has 1 heterocycles. The molecule has 0 aliphatic carbocycles. The molecule has 3 rings (SSSR count). The molecule has 146 valence electrons. The lowest BCUT2D eigenvalue weighted by Crippen LogP contribution is -2.35. The molecule has 2 aromatic rings. The highest BCUT2D eigenvalue weighted by atomic mass is 79.9. The number of methoxy groups -OCH3 is 1. The van der Waals surface area contributed by atoms with Crippen LogP contribution in [0.1, 0.15) is 12.0 Å². The molecule has 0 saturated carbocycles. The molecule has 2 aromatic carbocycles. The lowest BCUT2D eigenvalue weighted by atomic mass is 10.2. The number of hydrogen-bond donors (Lipinski definition) is 0. The summed E-state index contributed by atoms with van der Waals surface area (Å²) in [5.41, 5.74) is 1.17. The Hall–Kier alpha value is -1.12. The molecule has 0 unspecified atom stereocenters. The minimum atomic E-state index is -3.62. The van der Waals surface area contributed by atoms with Gasteiger partial charge in [0.05, 0.1) is 7.11 Å². The molecule has 0 N–H and O–H groups in total. The molecule has 1 saturated heterocycles. The Morgan fingerprint density at radius 1 is 1.07 bits per heavy atom. The van der Waals surface area contributed by atoms with Gasteiger partial charge in [0, 0.05) is 35.7 Å². The largest absolute Gasteiger partial charge is 0.495 e. The molecule has 0 aromatic heterocycles. The van der Waals surface area contributed by atoms with Crippen molar-refractivity contribution in [2.45, 2.75) is 17.9 Å². The summed E-state index contributed by atoms with van der Waals surface area (Å²) in [5.74, 6) is 0.362. The number of rotatable bonds is 5. The average Bonchev–Trinajstić information content (AvgIpc) is 2.90. The van der Waals surface area contributed by atoms with Crippen molar-refractivity contribution >= 4 is 37.6 Å². The zero-order valence-electron chi connectivity index (χ0n) is 15.1. The smallest absolute Gasteiger partial charge is 0.246 e. The van der Waals surface area contributed by atoms with Crippen molar-refractivity contribution in [1.82, 2.24) is 9.21 Å². The monoisotopic (exact) mass is 472 g/mol. The Labute approximate surface area is 174 Å². The fraction of sp³-hybridized carbons (Fsp3) is 0.368. The summed E-state index contributed by atoms with van der Waals surface area (Å²) < 4.78 is 33.9. The predicted octanol–water partition coefficient (Wildman–Crippen LogP) is 4.01. The maximum atomic E-state index is 13.2. The van der Waals surface area contributed by atoms with Gasteiger partial charge in [-0.2, -0.15) is 4.31 Å². The molecule has 0 amide bonds. The number of sulfonamides is 1. The number of halogens is 2. The zero-order chi connectivity index (χ0) is 19.4. The summed E-state index contributed by atoms with van der Waals surface area (Å²) in [6, 6.07) is 12.8. The van der Waals surface area contributed by atoms with Crippen LogP contribution in [-0.4, -0.2) is 50.9 Å². The molecule has 0 spiro atoms. The van der Waals surface area contributed by atoms with Crippen LogP contribution in [0.25, 0.3) is 0 Å². The van der Waals surface area contributed by atoms with Crippen LogP contribution < -0.4 is 4.74 Å². The quantitative estimate of drug-likeness (QED) is 0.658. The van der Waals surface area contributed by atoms with E-state index in [-0.39, 0.29) is 4.90 Å². The van der Waals surface area contributed by atoms with E-state index in [9.17, 15) is 8.42 Å². The average molecular weight is 474 g/mol. The van der Waals surface area contributed by atoms with Crippen molar-refractivity contribution in [3.05, 3.63) is 57.5 Å². The van der Waals surface area contributed by atoms with E-state index in [1.165, 1.54) is 12.7 Å². The number of hydrogen-bond acceptors (Lipinski definition) is 4. The van der Waals surface area contributed by atoms with E-state index >= 15 is 0 Å². The highest BCUT2D eigenvalue weighted by Gasteiger charge is 2.29. The van der Waals surface area contributed by atoms with Crippen LogP contribution in [0.4, 0.5) is 0 Å². The minimum absolute atomic E-state index is 0.200. The van der Waals surface area contributed by atoms with Crippen molar-refractivity contribution in [1.29, 1.82) is 0 Å². The predicted molar refractivity (Wildman–Crippen MR) is 111 cm³/mol. The zero-order valence-corrected chi connectivity index (χ0v) is 18.2. The lowest BCUT2D eigenvalue weighted by molar-refractivity contribution is 0.278. The molecule has 0 radical (unpaired) electrons. The van der Waals surface area contributed by atoms with Gasteiger partial charge in [0.25, 0.3) is 0 Å². The van der Waals surface area contributed by atoms with Gasteiger partial charge in [0.1, 0.15) is 10.6 Å². The van der Waals surface area contributed by atoms with Crippen LogP contribution in [0.3, 0.4) is 0 Å². The van der Waals surface area contributed by atoms with E-state index in [1.54, 1.807) is 22.5 Å². The summed E-state index contributed by atoms with van der Waals surface area (Å²) in [5, 5.41) is 0.717. The van der Waals surface area contributed by atoms with E-state index in [1.807, 2.05) is 24.3 Å². The van der Waals surface area contributed by atoms with Crippen LogP contribution in [0.5, 0.6) is 5.75 Å². The Kier molecular flexibility index (Phi) is 6.81. The van der Waals surface area contributed by atoms with Gasteiger partial charge in [0.2, 0.25) is 10.0 Å². The highest BCUT2D eigenvalue weighted by Crippen LogP contribution is 2.30. The van der Waals surface area contributed by atoms with Gasteiger partial charge in [0.15, 0.2) is 0 Å². The van der Waals surface area contributed by atoms with Gasteiger partial charge in [-0.25, -0.2) is 8.42 Å². The first kappa shape index (κ1) is 20.6. The summed E-state index contributed by atoms with van der Waals surface area (Å²) in [4.78, 5) is 2.47. The first-order valence-corrected chi connectivity index (χ1v) is 11.3. The molecule has 1 fully saturated rings. The normalized spacial score (nSPS) is 16.9. The first-order valence-electron chi connectivity index (χ1n) is 8.70. The van der Waals surface area contributed by atoms with Gasteiger partial charge in [-0.1, -0.05) is 39.7 Å². The van der Waals surface area contributed by atoms with Crippen molar-refractivity contribution in [2.75, 3.05) is 33.3 Å². The Balaban J connectivity index is 1.73. The van der Waals surface area contributed by atoms with Crippen LogP contribution in [-0.2, 0) is 16.6 Å². The topological polar surface area (TPSA) is 49.9 Å². The number of nitrogens with zero attached hydrogens (tertiary/aromatic N) is 2. The van der Waals surface area contributed by atoms with Gasteiger partial charge >= 0.3 is 0 Å². The molecular weight excluding hydrogens is 452 g/mol. The standard InChI is InChI=1S/C19H22BrClN2O3S/c1-26-18-8-5-16(20)13-19(18)27(24,25)23-10-2-9-22(11-12-23)14-15-3-6-17(21)7-4-15/h3-8,13H,2,9-12,14H2,1H3. The van der Waals surface area contributed by atoms with Crippen molar-refractivity contribution in [3.8, 4) is 5.75 Å². The molecule has 1 aliphatic heterocycles. The molecule has 0 atom stereocenters. The fourth-order valence-corrected chi connectivity index (χ4v) is 5.47. The maximum Gasteiger partial charge on any atom is 0.246 e. The second-order valence-electron chi connectivity index (χ2n) is 6.46. The summed E-state index contributed by atoms with van der Waals surface area (Å²) in [7, 11) is -2.13. The Morgan fingerprint density at radius 3 is 2.52 bits per heavy atom. The second-order valence-corrected chi connectivity index (χ2v) is 9.71. The van der Waals surface area contributed by atoms with E-state index in [0.29, 0.717) is 29.9 Å². The van der Waals surface area contributed by atoms with Crippen LogP contribution >= 0.6 is 27.5 Å². The van der Waals surface area contributed by atoms with Crippen LogP contribution in [0.15, 0.2) is 51.8 Å². The van der Waals surface area contributed by atoms with Crippen molar-refractivity contribution < 1.29 is 13.2 Å². The molecule has 8 heteroatoms. The third-order valence-corrected chi connectivity index (χ3v) is 7.28. The number of benzene rings is 2. The van der Waals surface area contributed by atoms with Gasteiger partial charge in [-0.3, -0.25) is 4.90 Å². The van der Waals surface area contributed by atoms with Crippen LogP contribution in [0, 0.1) is 0 Å². The fourth-order valence-electron chi connectivity index (χ4n) is 3.18. The minimum Gasteiger partial charge on any atom is -0.495 e. The van der Waals surface area contributed by atoms with E-state index in [2.05, 4.69) is 20.8 Å². The van der Waals surface area contributed by atoms with E-state index in [4.69, 9.17) is 16.3 Å². The first-order chi connectivity index (χ1) is 12.9. The second kappa shape index (κ2) is 8.92. The molecule has 27 heavy (non-hydrogen) atoms. The summed E-state index contributed by atoms with van der Waals surface area (Å²) in [6.45, 7) is 3.26. The molecule has 5 nitrogen and oxygen atoms in total.